The van der Waals surface area contributed by atoms with Gasteiger partial charge in [0.2, 0.25) is 0 Å². The molecule has 0 N–H and O–H groups in total. The first-order chi connectivity index (χ1) is 6.36. The maximum Gasteiger partial charge on any atom is 0.187 e. The standard InChI is InChI=1S/C10H10BrNO/c11-9-4-2-1-3-8(9)7-10-12-5-6-13-10/h1-4H,5-7H2. The lowest BCUT2D eigenvalue weighted by Crippen LogP contribution is -2.03. The van der Waals surface area contributed by atoms with Crippen molar-refractivity contribution < 1.29 is 4.74 Å². The summed E-state index contributed by atoms with van der Waals surface area (Å²) in [5, 5.41) is 0. The van der Waals surface area contributed by atoms with Crippen molar-refractivity contribution in [3.63, 3.8) is 0 Å². The van der Waals surface area contributed by atoms with Crippen molar-refractivity contribution in [2.75, 3.05) is 13.2 Å². The van der Waals surface area contributed by atoms with Crippen molar-refractivity contribution in [3.8, 4) is 0 Å². The van der Waals surface area contributed by atoms with Gasteiger partial charge in [0.05, 0.1) is 6.54 Å². The summed E-state index contributed by atoms with van der Waals surface area (Å²) in [4.78, 5) is 4.25. The van der Waals surface area contributed by atoms with Gasteiger partial charge < -0.3 is 4.74 Å². The van der Waals surface area contributed by atoms with E-state index >= 15 is 0 Å². The Labute approximate surface area is 85.8 Å². The molecule has 68 valence electrons. The quantitative estimate of drug-likeness (QED) is 0.777. The highest BCUT2D eigenvalue weighted by molar-refractivity contribution is 9.10. The summed E-state index contributed by atoms with van der Waals surface area (Å²) in [5.74, 6) is 0.854. The second-order valence-electron chi connectivity index (χ2n) is 2.89. The molecule has 0 radical (unpaired) electrons. The van der Waals surface area contributed by atoms with E-state index < -0.39 is 0 Å². The maximum absolute atomic E-state index is 5.34. The van der Waals surface area contributed by atoms with Crippen molar-refractivity contribution in [1.29, 1.82) is 0 Å². The monoisotopic (exact) mass is 239 g/mol. The van der Waals surface area contributed by atoms with Crippen LogP contribution in [-0.4, -0.2) is 19.0 Å². The first kappa shape index (κ1) is 8.75. The van der Waals surface area contributed by atoms with Crippen LogP contribution in [-0.2, 0) is 11.2 Å². The Balaban J connectivity index is 2.13. The first-order valence-corrected chi connectivity index (χ1v) is 5.05. The van der Waals surface area contributed by atoms with Crippen molar-refractivity contribution in [1.82, 2.24) is 0 Å². The zero-order valence-corrected chi connectivity index (χ0v) is 8.75. The summed E-state index contributed by atoms with van der Waals surface area (Å²) in [6.45, 7) is 1.54. The van der Waals surface area contributed by atoms with Crippen LogP contribution in [0.3, 0.4) is 0 Å². The smallest absolute Gasteiger partial charge is 0.187 e. The number of benzene rings is 1. The molecular weight excluding hydrogens is 230 g/mol. The van der Waals surface area contributed by atoms with Crippen LogP contribution in [0.5, 0.6) is 0 Å². The van der Waals surface area contributed by atoms with E-state index in [-0.39, 0.29) is 0 Å². The highest BCUT2D eigenvalue weighted by Gasteiger charge is 2.09. The minimum absolute atomic E-state index is 0.736. The van der Waals surface area contributed by atoms with Crippen molar-refractivity contribution >= 4 is 21.8 Å². The van der Waals surface area contributed by atoms with Crippen molar-refractivity contribution in [2.45, 2.75) is 6.42 Å². The maximum atomic E-state index is 5.34. The molecule has 0 aromatic heterocycles. The van der Waals surface area contributed by atoms with Gasteiger partial charge in [0, 0.05) is 10.9 Å². The zero-order valence-electron chi connectivity index (χ0n) is 7.16. The summed E-state index contributed by atoms with van der Waals surface area (Å²) < 4.78 is 6.46. The van der Waals surface area contributed by atoms with Crippen molar-refractivity contribution in [2.24, 2.45) is 4.99 Å². The molecule has 0 aliphatic carbocycles. The highest BCUT2D eigenvalue weighted by atomic mass is 79.9. The van der Waals surface area contributed by atoms with Gasteiger partial charge in [-0.15, -0.1) is 0 Å². The lowest BCUT2D eigenvalue weighted by atomic mass is 10.1. The predicted molar refractivity (Wildman–Crippen MR) is 56.1 cm³/mol. The largest absolute Gasteiger partial charge is 0.479 e. The van der Waals surface area contributed by atoms with Gasteiger partial charge in [0.25, 0.3) is 0 Å². The molecule has 0 unspecified atom stereocenters. The van der Waals surface area contributed by atoms with Gasteiger partial charge in [0.15, 0.2) is 5.90 Å². The van der Waals surface area contributed by atoms with Crippen LogP contribution in [0.25, 0.3) is 0 Å². The van der Waals surface area contributed by atoms with E-state index in [1.54, 1.807) is 0 Å². The van der Waals surface area contributed by atoms with Crippen LogP contribution >= 0.6 is 15.9 Å². The minimum Gasteiger partial charge on any atom is -0.479 e. The van der Waals surface area contributed by atoms with E-state index in [4.69, 9.17) is 4.74 Å². The van der Waals surface area contributed by atoms with Crippen LogP contribution in [0.15, 0.2) is 33.7 Å². The van der Waals surface area contributed by atoms with Crippen LogP contribution in [0.2, 0.25) is 0 Å². The Morgan fingerprint density at radius 2 is 2.23 bits per heavy atom. The van der Waals surface area contributed by atoms with Gasteiger partial charge >= 0.3 is 0 Å². The number of halogens is 1. The van der Waals surface area contributed by atoms with Gasteiger partial charge in [-0.3, -0.25) is 4.99 Å². The topological polar surface area (TPSA) is 21.6 Å². The number of rotatable bonds is 2. The molecular formula is C10H10BrNO. The molecule has 1 aromatic rings. The van der Waals surface area contributed by atoms with Gasteiger partial charge in [-0.2, -0.15) is 0 Å². The molecule has 0 spiro atoms. The van der Waals surface area contributed by atoms with E-state index in [9.17, 15) is 0 Å². The molecule has 0 bridgehead atoms. The second-order valence-corrected chi connectivity index (χ2v) is 3.75. The molecule has 1 aliphatic rings. The number of hydrogen-bond donors (Lipinski definition) is 0. The Hall–Kier alpha value is -0.830. The fourth-order valence-electron chi connectivity index (χ4n) is 1.29. The van der Waals surface area contributed by atoms with Crippen molar-refractivity contribution in [3.05, 3.63) is 34.3 Å². The highest BCUT2D eigenvalue weighted by Crippen LogP contribution is 2.17. The molecule has 0 fully saturated rings. The normalized spacial score (nSPS) is 15.3. The van der Waals surface area contributed by atoms with Crippen LogP contribution < -0.4 is 0 Å². The summed E-state index contributed by atoms with van der Waals surface area (Å²) in [6, 6.07) is 8.14. The van der Waals surface area contributed by atoms with E-state index in [2.05, 4.69) is 27.0 Å². The summed E-state index contributed by atoms with van der Waals surface area (Å²) in [7, 11) is 0. The number of aliphatic imine (C=N–C) groups is 1. The van der Waals surface area contributed by atoms with Crippen LogP contribution in [0.4, 0.5) is 0 Å². The summed E-state index contributed by atoms with van der Waals surface area (Å²) >= 11 is 3.49. The van der Waals surface area contributed by atoms with E-state index in [1.807, 2.05) is 18.2 Å². The molecule has 2 nitrogen and oxygen atoms in total. The van der Waals surface area contributed by atoms with Crippen LogP contribution in [0, 0.1) is 0 Å². The molecule has 0 saturated heterocycles. The molecule has 1 aliphatic heterocycles. The van der Waals surface area contributed by atoms with Gasteiger partial charge in [0.1, 0.15) is 6.61 Å². The number of nitrogens with zero attached hydrogens (tertiary/aromatic N) is 1. The van der Waals surface area contributed by atoms with E-state index in [0.717, 1.165) is 29.9 Å². The summed E-state index contributed by atoms with van der Waals surface area (Å²) in [5.41, 5.74) is 1.23. The van der Waals surface area contributed by atoms with Crippen LogP contribution in [0.1, 0.15) is 5.56 Å². The Morgan fingerprint density at radius 3 is 2.92 bits per heavy atom. The lowest BCUT2D eigenvalue weighted by molar-refractivity contribution is 0.341. The molecule has 13 heavy (non-hydrogen) atoms. The van der Waals surface area contributed by atoms with E-state index in [1.165, 1.54) is 5.56 Å². The predicted octanol–water partition coefficient (Wildman–Crippen LogP) is 2.42. The second kappa shape index (κ2) is 3.92. The fourth-order valence-corrected chi connectivity index (χ4v) is 1.72. The van der Waals surface area contributed by atoms with Gasteiger partial charge in [-0.25, -0.2) is 0 Å². The lowest BCUT2D eigenvalue weighted by Gasteiger charge is -2.03. The SMILES string of the molecule is Brc1ccccc1CC1=NCCO1. The third-order valence-corrected chi connectivity index (χ3v) is 2.72. The molecule has 0 atom stereocenters. The minimum atomic E-state index is 0.736. The van der Waals surface area contributed by atoms with E-state index in [0.29, 0.717) is 0 Å². The third-order valence-electron chi connectivity index (χ3n) is 1.95. The van der Waals surface area contributed by atoms with Gasteiger partial charge in [-0.05, 0) is 11.6 Å². The first-order valence-electron chi connectivity index (χ1n) is 4.26. The molecule has 1 heterocycles. The molecule has 1 aromatic carbocycles. The Bertz CT molecular complexity index is 335. The molecule has 2 rings (SSSR count). The fraction of sp³-hybridized carbons (Fsp3) is 0.300. The molecule has 3 heteroatoms. The summed E-state index contributed by atoms with van der Waals surface area (Å²) in [6.07, 6.45) is 0.793. The molecule has 0 saturated carbocycles. The third kappa shape index (κ3) is 2.10. The van der Waals surface area contributed by atoms with Gasteiger partial charge in [-0.1, -0.05) is 34.1 Å². The molecule has 0 amide bonds. The Morgan fingerprint density at radius 1 is 1.38 bits per heavy atom. The average Bonchev–Trinajstić information content (AvgIpc) is 2.61. The average molecular weight is 240 g/mol. The zero-order chi connectivity index (χ0) is 9.10. The Kier molecular flexibility index (Phi) is 2.64. The number of ether oxygens (including phenoxy) is 1. The number of hydrogen-bond acceptors (Lipinski definition) is 2.